The predicted molar refractivity (Wildman–Crippen MR) is 164 cm³/mol. The van der Waals surface area contributed by atoms with Gasteiger partial charge in [-0.1, -0.05) is 30.3 Å². The molecule has 3 aliphatic rings. The Morgan fingerprint density at radius 1 is 0.574 bits per heavy atom. The highest BCUT2D eigenvalue weighted by Gasteiger charge is 2.28. The highest BCUT2D eigenvalue weighted by atomic mass is 16.8. The Morgan fingerprint density at radius 3 is 1.66 bits per heavy atom. The SMILES string of the molecule is Cc1ccc(Cc2cc(Cc3cccc(OCC4COC(=O)O4)c3C)cc(OCC3COC(=O)O3)c2C)cc1OCC1COC(=O)O1. The normalized spacial score (nSPS) is 20.1. The minimum Gasteiger partial charge on any atom is -0.489 e. The van der Waals surface area contributed by atoms with E-state index in [4.69, 9.17) is 42.6 Å². The van der Waals surface area contributed by atoms with E-state index in [1.807, 2.05) is 57.2 Å². The van der Waals surface area contributed by atoms with Crippen molar-refractivity contribution in [3.63, 3.8) is 0 Å². The fraction of sp³-hybridized carbons (Fsp3) is 0.400. The van der Waals surface area contributed by atoms with Gasteiger partial charge in [-0.25, -0.2) is 14.4 Å². The van der Waals surface area contributed by atoms with Crippen molar-refractivity contribution in [2.75, 3.05) is 39.6 Å². The summed E-state index contributed by atoms with van der Waals surface area (Å²) in [6.45, 7) is 6.98. The van der Waals surface area contributed by atoms with E-state index in [-0.39, 0.29) is 39.6 Å². The van der Waals surface area contributed by atoms with Crippen LogP contribution in [0.25, 0.3) is 0 Å². The first-order valence-corrected chi connectivity index (χ1v) is 15.4. The highest BCUT2D eigenvalue weighted by Crippen LogP contribution is 2.31. The summed E-state index contributed by atoms with van der Waals surface area (Å²) >= 11 is 0. The van der Waals surface area contributed by atoms with Crippen LogP contribution in [0.2, 0.25) is 0 Å². The third kappa shape index (κ3) is 8.00. The summed E-state index contributed by atoms with van der Waals surface area (Å²) in [5, 5.41) is 0. The van der Waals surface area contributed by atoms with Crippen molar-refractivity contribution >= 4 is 18.5 Å². The second kappa shape index (κ2) is 14.1. The van der Waals surface area contributed by atoms with E-state index in [1.54, 1.807) is 0 Å². The maximum Gasteiger partial charge on any atom is 0.508 e. The number of carbonyl (C=O) groups is 3. The minimum atomic E-state index is -0.697. The lowest BCUT2D eigenvalue weighted by Crippen LogP contribution is -2.20. The van der Waals surface area contributed by atoms with Gasteiger partial charge in [-0.2, -0.15) is 0 Å². The molecule has 3 aromatic rings. The van der Waals surface area contributed by atoms with Gasteiger partial charge < -0.3 is 42.6 Å². The molecule has 3 unspecified atom stereocenters. The summed E-state index contributed by atoms with van der Waals surface area (Å²) in [4.78, 5) is 34.0. The Balaban J connectivity index is 1.22. The standard InChI is InChI=1S/C35H36O12/c1-20-7-8-23(12-31(20)40-15-28-18-43-34(37)46-28)9-26-11-24(13-32(22(26)3)41-16-29-19-44-35(38)47-29)10-25-5-4-6-30(21(25)2)39-14-27-17-42-33(36)45-27/h4-8,11-13,27-29H,9-10,14-19H2,1-3H3. The van der Waals surface area contributed by atoms with Crippen LogP contribution in [-0.4, -0.2) is 76.4 Å². The summed E-state index contributed by atoms with van der Waals surface area (Å²) < 4.78 is 48.2. The number of aryl methyl sites for hydroxylation is 1. The van der Waals surface area contributed by atoms with Gasteiger partial charge in [0.05, 0.1) is 0 Å². The Kier molecular flexibility index (Phi) is 9.55. The van der Waals surface area contributed by atoms with E-state index in [1.165, 1.54) is 0 Å². The molecule has 3 atom stereocenters. The fourth-order valence-corrected chi connectivity index (χ4v) is 5.49. The van der Waals surface area contributed by atoms with Crippen LogP contribution in [0.3, 0.4) is 0 Å². The van der Waals surface area contributed by atoms with Crippen molar-refractivity contribution in [3.05, 3.63) is 87.5 Å². The zero-order valence-electron chi connectivity index (χ0n) is 26.4. The van der Waals surface area contributed by atoms with Gasteiger partial charge >= 0.3 is 18.5 Å². The van der Waals surface area contributed by atoms with Crippen LogP contribution in [0.1, 0.15) is 38.9 Å². The Labute approximate surface area is 271 Å². The van der Waals surface area contributed by atoms with Crippen molar-refractivity contribution in [1.82, 2.24) is 0 Å². The molecule has 3 saturated heterocycles. The van der Waals surface area contributed by atoms with Crippen molar-refractivity contribution in [2.24, 2.45) is 0 Å². The molecule has 6 rings (SSSR count). The lowest BCUT2D eigenvalue weighted by Gasteiger charge is -2.19. The van der Waals surface area contributed by atoms with Gasteiger partial charge in [-0.05, 0) is 90.8 Å². The van der Waals surface area contributed by atoms with Crippen LogP contribution in [0, 0.1) is 20.8 Å². The largest absolute Gasteiger partial charge is 0.508 e. The lowest BCUT2D eigenvalue weighted by atomic mass is 9.93. The zero-order valence-corrected chi connectivity index (χ0v) is 26.4. The molecule has 0 spiro atoms. The number of rotatable bonds is 13. The summed E-state index contributed by atoms with van der Waals surface area (Å²) in [5.74, 6) is 2.08. The van der Waals surface area contributed by atoms with Crippen molar-refractivity contribution in [1.29, 1.82) is 0 Å². The molecule has 0 bridgehead atoms. The van der Waals surface area contributed by atoms with Crippen LogP contribution >= 0.6 is 0 Å². The first-order chi connectivity index (χ1) is 22.7. The smallest absolute Gasteiger partial charge is 0.489 e. The summed E-state index contributed by atoms with van der Waals surface area (Å²) in [5.41, 5.74) is 7.04. The second-order valence-electron chi connectivity index (χ2n) is 11.7. The molecule has 0 aromatic heterocycles. The minimum absolute atomic E-state index is 0.140. The van der Waals surface area contributed by atoms with Crippen LogP contribution in [0.5, 0.6) is 17.2 Å². The first-order valence-electron chi connectivity index (χ1n) is 15.4. The average molecular weight is 649 g/mol. The van der Waals surface area contributed by atoms with Crippen LogP contribution in [0.4, 0.5) is 14.4 Å². The Morgan fingerprint density at radius 2 is 1.09 bits per heavy atom. The molecule has 0 amide bonds. The summed E-state index contributed by atoms with van der Waals surface area (Å²) in [7, 11) is 0. The van der Waals surface area contributed by atoms with Crippen LogP contribution in [0.15, 0.2) is 48.5 Å². The number of hydrogen-bond donors (Lipinski definition) is 0. The number of benzene rings is 3. The molecule has 3 aromatic carbocycles. The topological polar surface area (TPSA) is 134 Å². The molecule has 3 fully saturated rings. The molecule has 248 valence electrons. The molecule has 0 aliphatic carbocycles. The van der Waals surface area contributed by atoms with Crippen molar-refractivity contribution < 1.29 is 57.0 Å². The first kappa shape index (κ1) is 31.8. The van der Waals surface area contributed by atoms with E-state index >= 15 is 0 Å². The van der Waals surface area contributed by atoms with Gasteiger partial charge in [0.15, 0.2) is 18.3 Å². The Hall–Kier alpha value is -5.13. The number of ether oxygens (including phenoxy) is 9. The highest BCUT2D eigenvalue weighted by molar-refractivity contribution is 5.62. The van der Waals surface area contributed by atoms with Crippen LogP contribution in [-0.2, 0) is 41.3 Å². The molecule has 12 heteroatoms. The predicted octanol–water partition coefficient (Wildman–Crippen LogP) is 5.54. The molecule has 0 saturated carbocycles. The molecule has 0 radical (unpaired) electrons. The van der Waals surface area contributed by atoms with Gasteiger partial charge in [0.25, 0.3) is 0 Å². The zero-order chi connectivity index (χ0) is 32.9. The maximum absolute atomic E-state index is 11.5. The third-order valence-electron chi connectivity index (χ3n) is 8.19. The molecule has 3 heterocycles. The molecule has 0 N–H and O–H groups in total. The summed E-state index contributed by atoms with van der Waals surface area (Å²) in [6, 6.07) is 16.1. The monoisotopic (exact) mass is 648 g/mol. The lowest BCUT2D eigenvalue weighted by molar-refractivity contribution is 0.0975. The quantitative estimate of drug-likeness (QED) is 0.170. The van der Waals surface area contributed by atoms with Crippen molar-refractivity contribution in [2.45, 2.75) is 51.9 Å². The third-order valence-corrected chi connectivity index (χ3v) is 8.19. The molecule has 47 heavy (non-hydrogen) atoms. The number of hydrogen-bond acceptors (Lipinski definition) is 12. The fourth-order valence-electron chi connectivity index (χ4n) is 5.49. The van der Waals surface area contributed by atoms with Crippen LogP contribution < -0.4 is 14.2 Å². The number of carbonyl (C=O) groups excluding carboxylic acids is 3. The van der Waals surface area contributed by atoms with E-state index < -0.39 is 36.8 Å². The number of cyclic esters (lactones) is 6. The average Bonchev–Trinajstić information content (AvgIpc) is 3.79. The van der Waals surface area contributed by atoms with Crippen molar-refractivity contribution in [3.8, 4) is 17.2 Å². The summed E-state index contributed by atoms with van der Waals surface area (Å²) in [6.07, 6.45) is -2.26. The van der Waals surface area contributed by atoms with Gasteiger partial charge in [0, 0.05) is 0 Å². The molecular formula is C35H36O12. The van der Waals surface area contributed by atoms with Gasteiger partial charge in [0.2, 0.25) is 0 Å². The van der Waals surface area contributed by atoms with Gasteiger partial charge in [-0.3, -0.25) is 0 Å². The molecule has 3 aliphatic heterocycles. The molecular weight excluding hydrogens is 612 g/mol. The van der Waals surface area contributed by atoms with Gasteiger partial charge in [0.1, 0.15) is 56.9 Å². The molecule has 12 nitrogen and oxygen atoms in total. The van der Waals surface area contributed by atoms with E-state index in [9.17, 15) is 14.4 Å². The van der Waals surface area contributed by atoms with E-state index in [0.29, 0.717) is 30.1 Å². The van der Waals surface area contributed by atoms with E-state index in [2.05, 4.69) is 12.1 Å². The maximum atomic E-state index is 11.5. The van der Waals surface area contributed by atoms with E-state index in [0.717, 1.165) is 38.9 Å². The Bertz CT molecular complexity index is 1650. The second-order valence-corrected chi connectivity index (χ2v) is 11.7. The van der Waals surface area contributed by atoms with Gasteiger partial charge in [-0.15, -0.1) is 0 Å².